The minimum absolute atomic E-state index is 0. The van der Waals surface area contributed by atoms with Crippen molar-refractivity contribution in [3.05, 3.63) is 35.9 Å². The summed E-state index contributed by atoms with van der Waals surface area (Å²) in [6.45, 7) is 0. The van der Waals surface area contributed by atoms with Gasteiger partial charge in [0, 0.05) is 0 Å². The first kappa shape index (κ1) is 13.3. The van der Waals surface area contributed by atoms with E-state index in [0.29, 0.717) is 0 Å². The molecule has 3 nitrogen and oxygen atoms in total. The number of thiol groups is 1. The fourth-order valence-electron chi connectivity index (χ4n) is 0.993. The van der Waals surface area contributed by atoms with E-state index in [1.807, 2.05) is 18.2 Å². The minimum Gasteiger partial charge on any atom is -0.480 e. The quantitative estimate of drug-likeness (QED) is 0.694. The SMILES string of the molecule is Cl.NC(C(=O)O)C(S)c1ccccc1. The Labute approximate surface area is 94.1 Å². The second-order valence-electron chi connectivity index (χ2n) is 2.72. The molecule has 0 aliphatic carbocycles. The number of halogens is 1. The molecule has 0 bridgehead atoms. The van der Waals surface area contributed by atoms with Crippen molar-refractivity contribution in [2.45, 2.75) is 11.3 Å². The molecule has 0 aliphatic rings. The Morgan fingerprint density at radius 2 is 1.86 bits per heavy atom. The normalized spacial score (nSPS) is 13.9. The van der Waals surface area contributed by atoms with Crippen LogP contribution in [-0.2, 0) is 4.79 Å². The third-order valence-corrected chi connectivity index (χ3v) is 2.39. The largest absolute Gasteiger partial charge is 0.480 e. The van der Waals surface area contributed by atoms with Crippen molar-refractivity contribution in [1.82, 2.24) is 0 Å². The second-order valence-corrected chi connectivity index (χ2v) is 3.28. The first-order chi connectivity index (χ1) is 6.13. The van der Waals surface area contributed by atoms with Gasteiger partial charge in [-0.2, -0.15) is 12.6 Å². The van der Waals surface area contributed by atoms with Gasteiger partial charge in [-0.05, 0) is 5.56 Å². The molecule has 0 fully saturated rings. The lowest BCUT2D eigenvalue weighted by molar-refractivity contribution is -0.138. The molecule has 14 heavy (non-hydrogen) atoms. The average Bonchev–Trinajstić information content (AvgIpc) is 2.17. The van der Waals surface area contributed by atoms with Gasteiger partial charge in [0.1, 0.15) is 6.04 Å². The molecular weight excluding hydrogens is 222 g/mol. The fraction of sp³-hybridized carbons (Fsp3) is 0.222. The molecule has 0 aliphatic heterocycles. The van der Waals surface area contributed by atoms with E-state index in [9.17, 15) is 4.79 Å². The molecule has 0 spiro atoms. The Morgan fingerprint density at radius 3 is 2.29 bits per heavy atom. The Morgan fingerprint density at radius 1 is 1.36 bits per heavy atom. The summed E-state index contributed by atoms with van der Waals surface area (Å²) in [5.41, 5.74) is 6.24. The van der Waals surface area contributed by atoms with Crippen molar-refractivity contribution >= 4 is 31.0 Å². The summed E-state index contributed by atoms with van der Waals surface area (Å²) in [6.07, 6.45) is 0. The molecule has 1 rings (SSSR count). The molecule has 0 aromatic heterocycles. The first-order valence-corrected chi connectivity index (χ1v) is 4.36. The highest BCUT2D eigenvalue weighted by molar-refractivity contribution is 7.80. The molecule has 0 saturated carbocycles. The van der Waals surface area contributed by atoms with E-state index in [-0.39, 0.29) is 12.4 Å². The van der Waals surface area contributed by atoms with Gasteiger partial charge < -0.3 is 10.8 Å². The third-order valence-electron chi connectivity index (χ3n) is 1.77. The standard InChI is InChI=1S/C9H11NO2S.ClH/c10-7(9(11)12)8(13)6-4-2-1-3-5-6;/h1-5,7-8,13H,10H2,(H,11,12);1H. The molecule has 1 aromatic rings. The van der Waals surface area contributed by atoms with Crippen LogP contribution in [0, 0.1) is 0 Å². The van der Waals surface area contributed by atoms with Crippen LogP contribution in [0.25, 0.3) is 0 Å². The number of carboxylic acids is 1. The van der Waals surface area contributed by atoms with Crippen molar-refractivity contribution in [2.24, 2.45) is 5.73 Å². The number of benzene rings is 1. The summed E-state index contributed by atoms with van der Waals surface area (Å²) in [5.74, 6) is -1.04. The summed E-state index contributed by atoms with van der Waals surface area (Å²) in [5, 5.41) is 8.18. The van der Waals surface area contributed by atoms with E-state index in [1.54, 1.807) is 12.1 Å². The van der Waals surface area contributed by atoms with Gasteiger partial charge in [-0.15, -0.1) is 12.4 Å². The summed E-state index contributed by atoms with van der Waals surface area (Å²) >= 11 is 4.15. The van der Waals surface area contributed by atoms with E-state index in [4.69, 9.17) is 10.8 Å². The second kappa shape index (κ2) is 5.90. The van der Waals surface area contributed by atoms with Gasteiger partial charge in [-0.3, -0.25) is 4.79 Å². The van der Waals surface area contributed by atoms with Crippen molar-refractivity contribution in [1.29, 1.82) is 0 Å². The zero-order valence-corrected chi connectivity index (χ0v) is 9.04. The molecule has 3 N–H and O–H groups in total. The Balaban J connectivity index is 0.00000169. The molecule has 5 heteroatoms. The van der Waals surface area contributed by atoms with Crippen LogP contribution in [0.15, 0.2) is 30.3 Å². The van der Waals surface area contributed by atoms with Gasteiger partial charge in [0.05, 0.1) is 5.25 Å². The van der Waals surface area contributed by atoms with Crippen LogP contribution in [-0.4, -0.2) is 17.1 Å². The number of hydrogen-bond acceptors (Lipinski definition) is 3. The van der Waals surface area contributed by atoms with Crippen molar-refractivity contribution in [2.75, 3.05) is 0 Å². The Kier molecular flexibility index (Phi) is 5.60. The molecule has 2 atom stereocenters. The van der Waals surface area contributed by atoms with Gasteiger partial charge in [-0.25, -0.2) is 0 Å². The molecule has 0 amide bonds. The minimum atomic E-state index is -1.04. The lowest BCUT2D eigenvalue weighted by Gasteiger charge is -2.14. The summed E-state index contributed by atoms with van der Waals surface area (Å²) in [6, 6.07) is 8.16. The number of carboxylic acid groups (broad SMARTS) is 1. The summed E-state index contributed by atoms with van der Waals surface area (Å²) in [7, 11) is 0. The van der Waals surface area contributed by atoms with E-state index in [1.165, 1.54) is 0 Å². The average molecular weight is 234 g/mol. The van der Waals surface area contributed by atoms with Gasteiger partial charge >= 0.3 is 5.97 Å². The highest BCUT2D eigenvalue weighted by Crippen LogP contribution is 2.22. The molecule has 0 saturated heterocycles. The third kappa shape index (κ3) is 3.21. The van der Waals surface area contributed by atoms with Crippen LogP contribution in [0.2, 0.25) is 0 Å². The van der Waals surface area contributed by atoms with Crippen LogP contribution in [0.4, 0.5) is 0 Å². The van der Waals surface area contributed by atoms with E-state index in [2.05, 4.69) is 12.6 Å². The Bertz CT molecular complexity index is 294. The maximum Gasteiger partial charge on any atom is 0.321 e. The number of hydrogen-bond donors (Lipinski definition) is 3. The van der Waals surface area contributed by atoms with E-state index >= 15 is 0 Å². The zero-order chi connectivity index (χ0) is 9.84. The lowest BCUT2D eigenvalue weighted by atomic mass is 10.1. The molecule has 1 aromatic carbocycles. The Hall–Kier alpha value is -0.710. The number of rotatable bonds is 3. The van der Waals surface area contributed by atoms with Crippen LogP contribution in [0.1, 0.15) is 10.8 Å². The fourth-order valence-corrected chi connectivity index (χ4v) is 1.29. The van der Waals surface area contributed by atoms with Crippen molar-refractivity contribution in [3.8, 4) is 0 Å². The van der Waals surface area contributed by atoms with Gasteiger partial charge in [0.25, 0.3) is 0 Å². The zero-order valence-electron chi connectivity index (χ0n) is 7.33. The highest BCUT2D eigenvalue weighted by atomic mass is 35.5. The monoisotopic (exact) mass is 233 g/mol. The summed E-state index contributed by atoms with van der Waals surface area (Å²) < 4.78 is 0. The number of nitrogens with two attached hydrogens (primary N) is 1. The molecule has 2 unspecified atom stereocenters. The van der Waals surface area contributed by atoms with E-state index in [0.717, 1.165) is 5.56 Å². The maximum atomic E-state index is 10.5. The highest BCUT2D eigenvalue weighted by Gasteiger charge is 2.21. The van der Waals surface area contributed by atoms with Crippen molar-refractivity contribution < 1.29 is 9.90 Å². The molecular formula is C9H12ClNO2S. The number of carbonyl (C=O) groups is 1. The smallest absolute Gasteiger partial charge is 0.321 e. The van der Waals surface area contributed by atoms with Crippen LogP contribution in [0.5, 0.6) is 0 Å². The molecule has 0 radical (unpaired) electrons. The molecule has 0 heterocycles. The van der Waals surface area contributed by atoms with Crippen LogP contribution >= 0.6 is 25.0 Å². The summed E-state index contributed by atoms with van der Waals surface area (Å²) in [4.78, 5) is 10.5. The predicted octanol–water partition coefficient (Wildman–Crippen LogP) is 1.49. The van der Waals surface area contributed by atoms with Crippen molar-refractivity contribution in [3.63, 3.8) is 0 Å². The first-order valence-electron chi connectivity index (χ1n) is 3.84. The predicted molar refractivity (Wildman–Crippen MR) is 61.0 cm³/mol. The molecule has 78 valence electrons. The topological polar surface area (TPSA) is 63.3 Å². The number of aliphatic carboxylic acids is 1. The lowest BCUT2D eigenvalue weighted by Crippen LogP contribution is -2.34. The van der Waals surface area contributed by atoms with E-state index < -0.39 is 17.3 Å². The van der Waals surface area contributed by atoms with Crippen LogP contribution < -0.4 is 5.73 Å². The van der Waals surface area contributed by atoms with Crippen LogP contribution in [0.3, 0.4) is 0 Å². The van der Waals surface area contributed by atoms with Gasteiger partial charge in [0.2, 0.25) is 0 Å². The van der Waals surface area contributed by atoms with Gasteiger partial charge in [0.15, 0.2) is 0 Å². The maximum absolute atomic E-state index is 10.5. The van der Waals surface area contributed by atoms with Gasteiger partial charge in [-0.1, -0.05) is 30.3 Å².